The van der Waals surface area contributed by atoms with Crippen LogP contribution in [0.25, 0.3) is 0 Å². The molecule has 0 aliphatic heterocycles. The Bertz CT molecular complexity index is 712. The van der Waals surface area contributed by atoms with E-state index in [1.165, 1.54) is 0 Å². The van der Waals surface area contributed by atoms with Crippen molar-refractivity contribution < 1.29 is 29.1 Å². The number of carbonyl (C=O) groups is 1. The molecular weight excluding hydrogens is 313 g/mol. The van der Waals surface area contributed by atoms with Gasteiger partial charge in [-0.3, -0.25) is 10.1 Å². The lowest BCUT2D eigenvalue weighted by atomic mass is 10.2. The van der Waals surface area contributed by atoms with Crippen LogP contribution in [-0.4, -0.2) is 25.1 Å². The van der Waals surface area contributed by atoms with Gasteiger partial charge < -0.3 is 4.74 Å². The Hall–Kier alpha value is -2.38. The summed E-state index contributed by atoms with van der Waals surface area (Å²) in [7, 11) is -4.85. The van der Waals surface area contributed by atoms with Crippen molar-refractivity contribution in [3.63, 3.8) is 0 Å². The summed E-state index contributed by atoms with van der Waals surface area (Å²) in [5.41, 5.74) is -2.36. The van der Waals surface area contributed by atoms with Crippen LogP contribution in [0.15, 0.2) is 48.5 Å². The van der Waals surface area contributed by atoms with Gasteiger partial charge in [0.1, 0.15) is 17.1 Å². The highest BCUT2D eigenvalue weighted by molar-refractivity contribution is 7.76. The van der Waals surface area contributed by atoms with Crippen molar-refractivity contribution in [2.45, 2.75) is 0 Å². The molecule has 0 aromatic heterocycles. The smallest absolute Gasteiger partial charge is 0.456 e. The third-order valence-electron chi connectivity index (χ3n) is 2.65. The van der Waals surface area contributed by atoms with Crippen LogP contribution in [0.1, 0.15) is 10.4 Å². The molecule has 0 amide bonds. The second-order valence-electron chi connectivity index (χ2n) is 4.23. The minimum atomic E-state index is -4.85. The van der Waals surface area contributed by atoms with Gasteiger partial charge in [-0.2, -0.15) is 14.7 Å². The van der Waals surface area contributed by atoms with E-state index in [1.54, 1.807) is 30.3 Å². The van der Waals surface area contributed by atoms with E-state index in [2.05, 4.69) is 0 Å². The summed E-state index contributed by atoms with van der Waals surface area (Å²) in [5.74, 6) is 0.200. The molecule has 9 heteroatoms. The maximum Gasteiger partial charge on any atom is 0.484 e. The third kappa shape index (κ3) is 3.63. The van der Waals surface area contributed by atoms with Crippen LogP contribution >= 0.6 is 7.94 Å². The van der Waals surface area contributed by atoms with Crippen LogP contribution in [0.2, 0.25) is 0 Å². The quantitative estimate of drug-likeness (QED) is 0.437. The Morgan fingerprint density at radius 3 is 2.27 bits per heavy atom. The van der Waals surface area contributed by atoms with E-state index in [0.29, 0.717) is 5.75 Å². The lowest BCUT2D eigenvalue weighted by Gasteiger charge is -2.10. The lowest BCUT2D eigenvalue weighted by Crippen LogP contribution is -2.08. The SMILES string of the molecule is O=C(c1cc([N+](=O)[O-])ccc1Oc1ccccc1)[P+](O)(O)O. The molecule has 3 N–H and O–H groups in total. The molecule has 114 valence electrons. The number of nitro benzene ring substituents is 1. The average molecular weight is 324 g/mol. The van der Waals surface area contributed by atoms with E-state index < -0.39 is 29.6 Å². The van der Waals surface area contributed by atoms with Crippen LogP contribution in [0.5, 0.6) is 11.5 Å². The number of hydrogen-bond acceptors (Lipinski definition) is 7. The van der Waals surface area contributed by atoms with Crippen molar-refractivity contribution in [1.29, 1.82) is 0 Å². The molecule has 0 aliphatic rings. The first-order chi connectivity index (χ1) is 10.3. The number of nitro groups is 1. The summed E-state index contributed by atoms with van der Waals surface area (Å²) < 4.78 is 5.40. The first-order valence-corrected chi connectivity index (χ1v) is 7.57. The van der Waals surface area contributed by atoms with Gasteiger partial charge in [0.25, 0.3) is 5.69 Å². The summed E-state index contributed by atoms with van der Waals surface area (Å²) in [6.45, 7) is 0. The maximum atomic E-state index is 11.8. The Labute approximate surface area is 125 Å². The molecule has 0 aliphatic carbocycles. The Morgan fingerprint density at radius 1 is 1.09 bits per heavy atom. The third-order valence-corrected chi connectivity index (χ3v) is 3.43. The van der Waals surface area contributed by atoms with E-state index in [9.17, 15) is 14.9 Å². The normalized spacial score (nSPS) is 11.0. The molecule has 0 atom stereocenters. The molecule has 0 saturated heterocycles. The van der Waals surface area contributed by atoms with Gasteiger partial charge in [0, 0.05) is 12.1 Å². The lowest BCUT2D eigenvalue weighted by molar-refractivity contribution is -0.384. The number of rotatable bonds is 5. The van der Waals surface area contributed by atoms with Gasteiger partial charge in [0.15, 0.2) is 0 Å². The number of ether oxygens (including phenoxy) is 1. The molecule has 0 bridgehead atoms. The summed E-state index contributed by atoms with van der Waals surface area (Å²) in [5, 5.41) is 10.8. The Kier molecular flexibility index (Phi) is 4.48. The molecule has 2 aromatic rings. The highest BCUT2D eigenvalue weighted by Crippen LogP contribution is 2.50. The monoisotopic (exact) mass is 324 g/mol. The Morgan fingerprint density at radius 2 is 1.73 bits per heavy atom. The summed E-state index contributed by atoms with van der Waals surface area (Å²) in [6.07, 6.45) is 0. The molecule has 0 unspecified atom stereocenters. The fourth-order valence-corrected chi connectivity index (χ4v) is 2.16. The first kappa shape index (κ1) is 16.0. The molecular formula is C13H11NO7P+. The first-order valence-electron chi connectivity index (χ1n) is 5.92. The van der Waals surface area contributed by atoms with Gasteiger partial charge in [0.05, 0.1) is 4.92 Å². The van der Waals surface area contributed by atoms with Crippen LogP contribution in [-0.2, 0) is 0 Å². The zero-order chi connectivity index (χ0) is 16.3. The number of nitrogens with zero attached hydrogens (tertiary/aromatic N) is 1. The van der Waals surface area contributed by atoms with Crippen molar-refractivity contribution in [2.24, 2.45) is 0 Å². The van der Waals surface area contributed by atoms with Gasteiger partial charge in [-0.05, 0) is 18.2 Å². The molecule has 0 fully saturated rings. The van der Waals surface area contributed by atoms with Crippen LogP contribution in [0.3, 0.4) is 0 Å². The molecule has 0 saturated carbocycles. The molecule has 22 heavy (non-hydrogen) atoms. The van der Waals surface area contributed by atoms with E-state index >= 15 is 0 Å². The molecule has 0 spiro atoms. The number of carbonyl (C=O) groups excluding carboxylic acids is 1. The van der Waals surface area contributed by atoms with Crippen molar-refractivity contribution in [3.05, 3.63) is 64.2 Å². The molecule has 8 nitrogen and oxygen atoms in total. The standard InChI is InChI=1S/C13H11NO7P/c15-13(22(18,19)20)11-8-9(14(16)17)6-7-12(11)21-10-4-2-1-3-5-10/h1-8,18-20H/q+1. The summed E-state index contributed by atoms with van der Waals surface area (Å²) in [6, 6.07) is 11.3. The van der Waals surface area contributed by atoms with Gasteiger partial charge in [-0.15, -0.1) is 0 Å². The Balaban J connectivity index is 2.49. The van der Waals surface area contributed by atoms with E-state index in [0.717, 1.165) is 18.2 Å². The van der Waals surface area contributed by atoms with Crippen molar-refractivity contribution in [1.82, 2.24) is 0 Å². The topological polar surface area (TPSA) is 130 Å². The predicted octanol–water partition coefficient (Wildman–Crippen LogP) is 2.27. The highest BCUT2D eigenvalue weighted by Gasteiger charge is 2.45. The second-order valence-corrected chi connectivity index (χ2v) is 5.77. The number of para-hydroxylation sites is 1. The van der Waals surface area contributed by atoms with Gasteiger partial charge in [0.2, 0.25) is 0 Å². The predicted molar refractivity (Wildman–Crippen MR) is 77.5 cm³/mol. The zero-order valence-electron chi connectivity index (χ0n) is 11.0. The average Bonchev–Trinajstić information content (AvgIpc) is 2.47. The molecule has 0 radical (unpaired) electrons. The number of benzene rings is 2. The number of hydrogen-bond donors (Lipinski definition) is 3. The van der Waals surface area contributed by atoms with Crippen molar-refractivity contribution in [2.75, 3.05) is 0 Å². The van der Waals surface area contributed by atoms with Crippen LogP contribution in [0.4, 0.5) is 5.69 Å². The van der Waals surface area contributed by atoms with Crippen molar-refractivity contribution >= 4 is 19.2 Å². The van der Waals surface area contributed by atoms with E-state index in [1.807, 2.05) is 0 Å². The maximum absolute atomic E-state index is 11.8. The fourth-order valence-electron chi connectivity index (χ4n) is 1.66. The zero-order valence-corrected chi connectivity index (χ0v) is 11.9. The van der Waals surface area contributed by atoms with E-state index in [4.69, 9.17) is 19.4 Å². The summed E-state index contributed by atoms with van der Waals surface area (Å²) in [4.78, 5) is 49.2. The van der Waals surface area contributed by atoms with Gasteiger partial charge in [-0.25, -0.2) is 4.79 Å². The minimum Gasteiger partial charge on any atom is -0.456 e. The molecule has 2 rings (SSSR count). The molecule has 0 heterocycles. The van der Waals surface area contributed by atoms with Crippen LogP contribution < -0.4 is 4.74 Å². The molecule has 2 aromatic carbocycles. The minimum absolute atomic E-state index is 0.136. The highest BCUT2D eigenvalue weighted by atomic mass is 31.2. The summed E-state index contributed by atoms with van der Waals surface area (Å²) >= 11 is 0. The number of non-ortho nitro benzene ring substituents is 1. The van der Waals surface area contributed by atoms with Gasteiger partial charge >= 0.3 is 13.5 Å². The van der Waals surface area contributed by atoms with E-state index in [-0.39, 0.29) is 5.75 Å². The second kappa shape index (κ2) is 6.17. The largest absolute Gasteiger partial charge is 0.484 e. The fraction of sp³-hybridized carbons (Fsp3) is 0. The van der Waals surface area contributed by atoms with Crippen LogP contribution in [0, 0.1) is 10.1 Å². The van der Waals surface area contributed by atoms with Gasteiger partial charge in [-0.1, -0.05) is 18.2 Å². The van der Waals surface area contributed by atoms with Crippen molar-refractivity contribution in [3.8, 4) is 11.5 Å².